The summed E-state index contributed by atoms with van der Waals surface area (Å²) in [5.41, 5.74) is 4.85. The van der Waals surface area contributed by atoms with Gasteiger partial charge in [0.15, 0.2) is 0 Å². The SMILES string of the molecule is CN1C=CC(/C=C/c2ccc(N(C)c3ccccc3)cc2)=CC1. The second-order valence-electron chi connectivity index (χ2n) is 5.78. The molecule has 0 aromatic heterocycles. The van der Waals surface area contributed by atoms with E-state index in [0.717, 1.165) is 6.54 Å². The maximum atomic E-state index is 2.23. The van der Waals surface area contributed by atoms with E-state index in [1.807, 2.05) is 6.07 Å². The first-order valence-corrected chi connectivity index (χ1v) is 7.88. The first kappa shape index (κ1) is 15.2. The first-order valence-electron chi connectivity index (χ1n) is 7.88. The fourth-order valence-electron chi connectivity index (χ4n) is 2.52. The fraction of sp³-hybridized carbons (Fsp3) is 0.143. The van der Waals surface area contributed by atoms with Crippen LogP contribution in [0.3, 0.4) is 0 Å². The number of hydrogen-bond acceptors (Lipinski definition) is 2. The van der Waals surface area contributed by atoms with Crippen LogP contribution in [0, 0.1) is 0 Å². The zero-order valence-electron chi connectivity index (χ0n) is 13.7. The molecule has 116 valence electrons. The monoisotopic (exact) mass is 302 g/mol. The van der Waals surface area contributed by atoms with E-state index in [1.165, 1.54) is 22.5 Å². The topological polar surface area (TPSA) is 6.48 Å². The second kappa shape index (κ2) is 7.01. The summed E-state index contributed by atoms with van der Waals surface area (Å²) in [6, 6.07) is 19.0. The molecule has 0 amide bonds. The summed E-state index contributed by atoms with van der Waals surface area (Å²) in [6.07, 6.45) is 10.8. The predicted molar refractivity (Wildman–Crippen MR) is 99.8 cm³/mol. The third-order valence-electron chi connectivity index (χ3n) is 4.03. The predicted octanol–water partition coefficient (Wildman–Crippen LogP) is 4.85. The fourth-order valence-corrected chi connectivity index (χ4v) is 2.52. The van der Waals surface area contributed by atoms with Crippen LogP contribution in [0.2, 0.25) is 0 Å². The zero-order valence-corrected chi connectivity index (χ0v) is 13.7. The maximum Gasteiger partial charge on any atom is 0.0408 e. The second-order valence-corrected chi connectivity index (χ2v) is 5.78. The summed E-state index contributed by atoms with van der Waals surface area (Å²) >= 11 is 0. The molecule has 0 bridgehead atoms. The van der Waals surface area contributed by atoms with E-state index < -0.39 is 0 Å². The Labute approximate surface area is 138 Å². The van der Waals surface area contributed by atoms with E-state index in [1.54, 1.807) is 0 Å². The standard InChI is InChI=1S/C21H22N2/c1-22-16-14-19(15-17-22)9-8-18-10-12-21(13-11-18)23(2)20-6-4-3-5-7-20/h3-16H,17H2,1-2H3/b9-8+. The van der Waals surface area contributed by atoms with Gasteiger partial charge in [0.2, 0.25) is 0 Å². The largest absolute Gasteiger partial charge is 0.377 e. The van der Waals surface area contributed by atoms with E-state index in [-0.39, 0.29) is 0 Å². The molecular formula is C21H22N2. The molecule has 2 aromatic rings. The Hall–Kier alpha value is -2.74. The lowest BCUT2D eigenvalue weighted by atomic mass is 10.1. The molecule has 1 aliphatic rings. The molecular weight excluding hydrogens is 280 g/mol. The van der Waals surface area contributed by atoms with Crippen LogP contribution >= 0.6 is 0 Å². The van der Waals surface area contributed by atoms with Crippen molar-refractivity contribution in [2.45, 2.75) is 0 Å². The van der Waals surface area contributed by atoms with Crippen molar-refractivity contribution in [2.75, 3.05) is 25.5 Å². The van der Waals surface area contributed by atoms with Crippen molar-refractivity contribution in [1.29, 1.82) is 0 Å². The highest BCUT2D eigenvalue weighted by Gasteiger charge is 2.02. The number of allylic oxidation sites excluding steroid dienone is 3. The molecule has 1 aliphatic heterocycles. The quantitative estimate of drug-likeness (QED) is 0.796. The lowest BCUT2D eigenvalue weighted by molar-refractivity contribution is 0.503. The van der Waals surface area contributed by atoms with Crippen LogP contribution in [0.4, 0.5) is 11.4 Å². The molecule has 0 saturated heterocycles. The molecule has 0 atom stereocenters. The van der Waals surface area contributed by atoms with Crippen molar-refractivity contribution < 1.29 is 0 Å². The van der Waals surface area contributed by atoms with Crippen LogP contribution in [0.1, 0.15) is 5.56 Å². The van der Waals surface area contributed by atoms with Crippen molar-refractivity contribution in [3.8, 4) is 0 Å². The lowest BCUT2D eigenvalue weighted by Gasteiger charge is -2.19. The number of rotatable bonds is 4. The van der Waals surface area contributed by atoms with Gasteiger partial charge in [-0.25, -0.2) is 0 Å². The van der Waals surface area contributed by atoms with Gasteiger partial charge in [-0.05, 0) is 47.7 Å². The highest BCUT2D eigenvalue weighted by atomic mass is 15.1. The van der Waals surface area contributed by atoms with Gasteiger partial charge in [0, 0.05) is 32.0 Å². The Morgan fingerprint density at radius 1 is 0.913 bits per heavy atom. The summed E-state index contributed by atoms with van der Waals surface area (Å²) in [6.45, 7) is 0.969. The summed E-state index contributed by atoms with van der Waals surface area (Å²) in [5.74, 6) is 0. The number of hydrogen-bond donors (Lipinski definition) is 0. The Kier molecular flexibility index (Phi) is 4.62. The molecule has 0 spiro atoms. The number of anilines is 2. The van der Waals surface area contributed by atoms with Gasteiger partial charge in [-0.2, -0.15) is 0 Å². The lowest BCUT2D eigenvalue weighted by Crippen LogP contribution is -2.12. The van der Waals surface area contributed by atoms with Crippen molar-refractivity contribution in [2.24, 2.45) is 0 Å². The average molecular weight is 302 g/mol. The van der Waals surface area contributed by atoms with Gasteiger partial charge >= 0.3 is 0 Å². The normalized spacial score (nSPS) is 14.2. The van der Waals surface area contributed by atoms with Crippen LogP contribution in [0.5, 0.6) is 0 Å². The summed E-state index contributed by atoms with van der Waals surface area (Å²) in [5, 5.41) is 0. The van der Waals surface area contributed by atoms with E-state index in [2.05, 4.69) is 103 Å². The van der Waals surface area contributed by atoms with Crippen LogP contribution in [0.15, 0.2) is 84.6 Å². The summed E-state index contributed by atoms with van der Waals surface area (Å²) < 4.78 is 0. The summed E-state index contributed by atoms with van der Waals surface area (Å²) in [4.78, 5) is 4.35. The van der Waals surface area contributed by atoms with Crippen molar-refractivity contribution in [3.63, 3.8) is 0 Å². The minimum Gasteiger partial charge on any atom is -0.377 e. The molecule has 0 aliphatic carbocycles. The minimum absolute atomic E-state index is 0.969. The van der Waals surface area contributed by atoms with E-state index >= 15 is 0 Å². The Morgan fingerprint density at radius 2 is 1.61 bits per heavy atom. The third kappa shape index (κ3) is 3.92. The molecule has 3 rings (SSSR count). The highest BCUT2D eigenvalue weighted by Crippen LogP contribution is 2.23. The van der Waals surface area contributed by atoms with Crippen LogP contribution < -0.4 is 4.90 Å². The Morgan fingerprint density at radius 3 is 2.26 bits per heavy atom. The average Bonchev–Trinajstić information content (AvgIpc) is 2.62. The molecule has 0 saturated carbocycles. The van der Waals surface area contributed by atoms with Crippen LogP contribution in [-0.4, -0.2) is 25.5 Å². The van der Waals surface area contributed by atoms with Gasteiger partial charge in [0.25, 0.3) is 0 Å². The summed E-state index contributed by atoms with van der Waals surface area (Å²) in [7, 11) is 4.17. The maximum absolute atomic E-state index is 2.23. The van der Waals surface area contributed by atoms with Gasteiger partial charge in [-0.3, -0.25) is 0 Å². The molecule has 0 N–H and O–H groups in total. The van der Waals surface area contributed by atoms with Crippen LogP contribution in [0.25, 0.3) is 6.08 Å². The molecule has 2 heteroatoms. The Balaban J connectivity index is 1.69. The van der Waals surface area contributed by atoms with E-state index in [9.17, 15) is 0 Å². The van der Waals surface area contributed by atoms with Crippen LogP contribution in [-0.2, 0) is 0 Å². The van der Waals surface area contributed by atoms with Crippen molar-refractivity contribution in [3.05, 3.63) is 90.2 Å². The number of nitrogens with zero attached hydrogens (tertiary/aromatic N) is 2. The molecule has 2 aromatic carbocycles. The van der Waals surface area contributed by atoms with Crippen molar-refractivity contribution in [1.82, 2.24) is 4.90 Å². The van der Waals surface area contributed by atoms with Gasteiger partial charge in [-0.15, -0.1) is 0 Å². The highest BCUT2D eigenvalue weighted by molar-refractivity contribution is 5.65. The third-order valence-corrected chi connectivity index (χ3v) is 4.03. The van der Waals surface area contributed by atoms with Crippen molar-refractivity contribution >= 4 is 17.5 Å². The van der Waals surface area contributed by atoms with E-state index in [0.29, 0.717) is 0 Å². The molecule has 1 heterocycles. The molecule has 0 fully saturated rings. The number of likely N-dealkylation sites (N-methyl/N-ethyl adjacent to an activating group) is 1. The molecule has 23 heavy (non-hydrogen) atoms. The number of benzene rings is 2. The molecule has 2 nitrogen and oxygen atoms in total. The van der Waals surface area contributed by atoms with E-state index in [4.69, 9.17) is 0 Å². The molecule has 0 radical (unpaired) electrons. The van der Waals surface area contributed by atoms with Gasteiger partial charge in [0.1, 0.15) is 0 Å². The Bertz CT molecular complexity index is 724. The smallest absolute Gasteiger partial charge is 0.0408 e. The van der Waals surface area contributed by atoms with Gasteiger partial charge < -0.3 is 9.80 Å². The molecule has 0 unspecified atom stereocenters. The minimum atomic E-state index is 0.969. The van der Waals surface area contributed by atoms with Gasteiger partial charge in [-0.1, -0.05) is 48.6 Å². The van der Waals surface area contributed by atoms with Gasteiger partial charge in [0.05, 0.1) is 0 Å². The first-order chi connectivity index (χ1) is 11.2. The number of para-hydroxylation sites is 1. The zero-order chi connectivity index (χ0) is 16.1.